The van der Waals surface area contributed by atoms with E-state index in [4.69, 9.17) is 5.21 Å². The van der Waals surface area contributed by atoms with E-state index in [9.17, 15) is 0 Å². The molecule has 84 valence electrons. The van der Waals surface area contributed by atoms with Crippen LogP contribution in [0, 0.1) is 0 Å². The zero-order chi connectivity index (χ0) is 10.4. The molecule has 2 aliphatic rings. The number of hydrogen-bond acceptors (Lipinski definition) is 4. The summed E-state index contributed by atoms with van der Waals surface area (Å²) in [5.74, 6) is 0. The van der Waals surface area contributed by atoms with Crippen LogP contribution in [-0.2, 0) is 0 Å². The van der Waals surface area contributed by atoms with Gasteiger partial charge < -0.3 is 15.0 Å². The standard InChI is InChI=1S/C6H14N2.C4H9NO/c1-7-3-5-8(2)6-4-7;6-5-3-1-2-4-5/h3-6H2,1-2H3;6H,1-4H2. The van der Waals surface area contributed by atoms with Gasteiger partial charge in [0.15, 0.2) is 0 Å². The van der Waals surface area contributed by atoms with E-state index in [0.29, 0.717) is 0 Å². The Morgan fingerprint density at radius 2 is 1.07 bits per heavy atom. The van der Waals surface area contributed by atoms with Gasteiger partial charge in [-0.1, -0.05) is 0 Å². The molecular formula is C10H23N3O. The summed E-state index contributed by atoms with van der Waals surface area (Å²) in [5, 5.41) is 9.92. The van der Waals surface area contributed by atoms with Crippen LogP contribution in [0.2, 0.25) is 0 Å². The summed E-state index contributed by atoms with van der Waals surface area (Å²) in [5.41, 5.74) is 0. The molecule has 0 aromatic carbocycles. The summed E-state index contributed by atoms with van der Waals surface area (Å²) in [6.07, 6.45) is 2.33. The third-order valence-corrected chi connectivity index (χ3v) is 2.81. The van der Waals surface area contributed by atoms with Crippen LogP contribution in [0.3, 0.4) is 0 Å². The molecule has 1 N–H and O–H groups in total. The topological polar surface area (TPSA) is 30.0 Å². The molecule has 14 heavy (non-hydrogen) atoms. The van der Waals surface area contributed by atoms with Crippen LogP contribution in [0.25, 0.3) is 0 Å². The highest BCUT2D eigenvalue weighted by atomic mass is 16.5. The first kappa shape index (κ1) is 11.9. The fraction of sp³-hybridized carbons (Fsp3) is 1.00. The lowest BCUT2D eigenvalue weighted by atomic mass is 10.4. The number of hydroxylamine groups is 2. The minimum atomic E-state index is 0.875. The molecule has 2 saturated heterocycles. The lowest BCUT2D eigenvalue weighted by molar-refractivity contribution is -0.0678. The van der Waals surface area contributed by atoms with Gasteiger partial charge in [-0.2, -0.15) is 5.06 Å². The minimum Gasteiger partial charge on any atom is -0.314 e. The second-order valence-electron chi connectivity index (χ2n) is 4.27. The van der Waals surface area contributed by atoms with Crippen LogP contribution in [0.4, 0.5) is 0 Å². The monoisotopic (exact) mass is 201 g/mol. The average Bonchev–Trinajstić information content (AvgIpc) is 2.63. The van der Waals surface area contributed by atoms with E-state index in [1.165, 1.54) is 31.2 Å². The summed E-state index contributed by atoms with van der Waals surface area (Å²) in [4.78, 5) is 4.72. The van der Waals surface area contributed by atoms with Gasteiger partial charge in [0.05, 0.1) is 0 Å². The van der Waals surface area contributed by atoms with Gasteiger partial charge in [0, 0.05) is 39.3 Å². The minimum absolute atomic E-state index is 0.875. The van der Waals surface area contributed by atoms with Crippen LogP contribution in [0.5, 0.6) is 0 Å². The number of hydrogen-bond donors (Lipinski definition) is 1. The predicted octanol–water partition coefficient (Wildman–Crippen LogP) is 0.335. The summed E-state index contributed by atoms with van der Waals surface area (Å²) < 4.78 is 0. The van der Waals surface area contributed by atoms with Crippen molar-refractivity contribution in [2.75, 3.05) is 53.4 Å². The average molecular weight is 201 g/mol. The number of likely N-dealkylation sites (N-methyl/N-ethyl adjacent to an activating group) is 2. The van der Waals surface area contributed by atoms with Crippen molar-refractivity contribution < 1.29 is 5.21 Å². The zero-order valence-corrected chi connectivity index (χ0v) is 9.45. The van der Waals surface area contributed by atoms with Crippen LogP contribution < -0.4 is 0 Å². The van der Waals surface area contributed by atoms with Crippen molar-refractivity contribution in [2.45, 2.75) is 12.8 Å². The van der Waals surface area contributed by atoms with E-state index in [2.05, 4.69) is 23.9 Å². The van der Waals surface area contributed by atoms with Gasteiger partial charge in [-0.15, -0.1) is 0 Å². The highest BCUT2D eigenvalue weighted by Gasteiger charge is 2.07. The third-order valence-electron chi connectivity index (χ3n) is 2.81. The molecule has 0 aromatic heterocycles. The molecule has 2 fully saturated rings. The van der Waals surface area contributed by atoms with Crippen LogP contribution in [-0.4, -0.2) is 73.4 Å². The van der Waals surface area contributed by atoms with E-state index in [1.807, 2.05) is 0 Å². The van der Waals surface area contributed by atoms with Gasteiger partial charge in [0.25, 0.3) is 0 Å². The van der Waals surface area contributed by atoms with Crippen molar-refractivity contribution in [3.05, 3.63) is 0 Å². The van der Waals surface area contributed by atoms with Gasteiger partial charge >= 0.3 is 0 Å². The largest absolute Gasteiger partial charge is 0.314 e. The van der Waals surface area contributed by atoms with Crippen molar-refractivity contribution in [3.8, 4) is 0 Å². The highest BCUT2D eigenvalue weighted by Crippen LogP contribution is 2.01. The molecule has 2 aliphatic heterocycles. The van der Waals surface area contributed by atoms with Crippen molar-refractivity contribution in [2.24, 2.45) is 0 Å². The Bertz CT molecular complexity index is 130. The first-order valence-corrected chi connectivity index (χ1v) is 5.49. The molecule has 0 bridgehead atoms. The number of piperazine rings is 1. The maximum Gasteiger partial charge on any atom is 0.0238 e. The smallest absolute Gasteiger partial charge is 0.0238 e. The highest BCUT2D eigenvalue weighted by molar-refractivity contribution is 4.64. The molecule has 2 heterocycles. The Labute approximate surface area is 87.0 Å². The Morgan fingerprint density at radius 3 is 1.29 bits per heavy atom. The number of rotatable bonds is 0. The summed E-state index contributed by atoms with van der Waals surface area (Å²) in [6.45, 7) is 6.68. The van der Waals surface area contributed by atoms with E-state index < -0.39 is 0 Å². The molecule has 4 heteroatoms. The maximum atomic E-state index is 8.56. The molecule has 0 aromatic rings. The van der Waals surface area contributed by atoms with E-state index in [-0.39, 0.29) is 0 Å². The van der Waals surface area contributed by atoms with Gasteiger partial charge in [-0.3, -0.25) is 0 Å². The zero-order valence-electron chi connectivity index (χ0n) is 9.45. The first-order chi connectivity index (χ1) is 6.68. The van der Waals surface area contributed by atoms with Crippen LogP contribution in [0.15, 0.2) is 0 Å². The molecule has 0 atom stereocenters. The third kappa shape index (κ3) is 4.91. The maximum absolute atomic E-state index is 8.56. The molecule has 0 aliphatic carbocycles. The quantitative estimate of drug-likeness (QED) is 0.612. The Kier molecular flexibility index (Phi) is 5.40. The van der Waals surface area contributed by atoms with Crippen molar-refractivity contribution in [1.29, 1.82) is 0 Å². The fourth-order valence-corrected chi connectivity index (χ4v) is 1.61. The number of nitrogens with zero attached hydrogens (tertiary/aromatic N) is 3. The molecule has 0 radical (unpaired) electrons. The van der Waals surface area contributed by atoms with Crippen LogP contribution >= 0.6 is 0 Å². The fourth-order valence-electron chi connectivity index (χ4n) is 1.61. The van der Waals surface area contributed by atoms with Gasteiger partial charge in [0.1, 0.15) is 0 Å². The predicted molar refractivity (Wildman–Crippen MR) is 57.6 cm³/mol. The van der Waals surface area contributed by atoms with Crippen molar-refractivity contribution in [3.63, 3.8) is 0 Å². The second kappa shape index (κ2) is 6.35. The summed E-state index contributed by atoms with van der Waals surface area (Å²) >= 11 is 0. The summed E-state index contributed by atoms with van der Waals surface area (Å²) in [7, 11) is 4.35. The van der Waals surface area contributed by atoms with E-state index in [1.54, 1.807) is 0 Å². The second-order valence-corrected chi connectivity index (χ2v) is 4.27. The summed E-state index contributed by atoms with van der Waals surface area (Å²) in [6, 6.07) is 0. The lowest BCUT2D eigenvalue weighted by Gasteiger charge is -2.28. The van der Waals surface area contributed by atoms with Gasteiger partial charge in [-0.05, 0) is 26.9 Å². The SMILES string of the molecule is CN1CCN(C)CC1.ON1CCCC1. The van der Waals surface area contributed by atoms with Gasteiger partial charge in [0.2, 0.25) is 0 Å². The van der Waals surface area contributed by atoms with Crippen LogP contribution in [0.1, 0.15) is 12.8 Å². The normalized spacial score (nSPS) is 25.9. The molecule has 0 saturated carbocycles. The molecule has 0 amide bonds. The first-order valence-electron chi connectivity index (χ1n) is 5.49. The van der Waals surface area contributed by atoms with Crippen molar-refractivity contribution in [1.82, 2.24) is 14.9 Å². The molecule has 2 rings (SSSR count). The van der Waals surface area contributed by atoms with E-state index in [0.717, 1.165) is 25.9 Å². The molecular weight excluding hydrogens is 178 g/mol. The Balaban J connectivity index is 0.000000146. The molecule has 0 spiro atoms. The molecule has 0 unspecified atom stereocenters. The Hall–Kier alpha value is -0.160. The van der Waals surface area contributed by atoms with Crippen molar-refractivity contribution >= 4 is 0 Å². The Morgan fingerprint density at radius 1 is 0.714 bits per heavy atom. The molecule has 4 nitrogen and oxygen atoms in total. The lowest BCUT2D eigenvalue weighted by Crippen LogP contribution is -2.42. The van der Waals surface area contributed by atoms with Gasteiger partial charge in [-0.25, -0.2) is 0 Å². The van der Waals surface area contributed by atoms with E-state index >= 15 is 0 Å².